The van der Waals surface area contributed by atoms with Crippen molar-refractivity contribution in [2.75, 3.05) is 7.11 Å². The molecule has 0 spiro atoms. The van der Waals surface area contributed by atoms with Gasteiger partial charge in [-0.1, -0.05) is 36.4 Å². The summed E-state index contributed by atoms with van der Waals surface area (Å²) in [7, 11) is 1.37. The topological polar surface area (TPSA) is 55.8 Å². The van der Waals surface area contributed by atoms with Gasteiger partial charge in [-0.2, -0.15) is 0 Å². The Morgan fingerprint density at radius 3 is 2.90 bits per heavy atom. The van der Waals surface area contributed by atoms with E-state index in [9.17, 15) is 9.90 Å². The molecular weight excluding hydrogens is 268 g/mol. The van der Waals surface area contributed by atoms with Crippen molar-refractivity contribution in [3.8, 4) is 0 Å². The van der Waals surface area contributed by atoms with E-state index >= 15 is 0 Å². The maximum absolute atomic E-state index is 12.0. The van der Waals surface area contributed by atoms with Gasteiger partial charge in [0.2, 0.25) is 0 Å². The van der Waals surface area contributed by atoms with Gasteiger partial charge in [-0.15, -0.1) is 0 Å². The third-order valence-electron chi connectivity index (χ3n) is 4.03. The molecule has 1 N–H and O–H groups in total. The summed E-state index contributed by atoms with van der Waals surface area (Å²) >= 11 is 0. The molecule has 3 rings (SSSR count). The molecule has 1 aliphatic heterocycles. The molecule has 110 valence electrons. The lowest BCUT2D eigenvalue weighted by atomic mass is 9.94. The Balaban J connectivity index is 1.83. The quantitative estimate of drug-likeness (QED) is 0.682. The zero-order valence-corrected chi connectivity index (χ0v) is 11.9. The van der Waals surface area contributed by atoms with Gasteiger partial charge < -0.3 is 14.6 Å². The maximum atomic E-state index is 12.0. The third kappa shape index (κ3) is 2.59. The van der Waals surface area contributed by atoms with Crippen molar-refractivity contribution in [2.45, 2.75) is 25.0 Å². The number of hydrogen-bond donors (Lipinski definition) is 1. The van der Waals surface area contributed by atoms with Gasteiger partial charge >= 0.3 is 5.97 Å². The minimum absolute atomic E-state index is 0.0235. The molecular formula is C17H18O4. The largest absolute Gasteiger partial charge is 0.489 e. The Labute approximate surface area is 123 Å². The Kier molecular flexibility index (Phi) is 3.80. The van der Waals surface area contributed by atoms with Crippen molar-refractivity contribution >= 4 is 5.97 Å². The van der Waals surface area contributed by atoms with Crippen molar-refractivity contribution < 1.29 is 19.4 Å². The first-order valence-corrected chi connectivity index (χ1v) is 7.08. The van der Waals surface area contributed by atoms with Crippen LogP contribution in [0.5, 0.6) is 0 Å². The molecule has 1 aromatic carbocycles. The molecule has 0 aromatic heterocycles. The number of aliphatic hydroxyl groups excluding tert-OH is 1. The molecule has 1 aliphatic carbocycles. The summed E-state index contributed by atoms with van der Waals surface area (Å²) in [4.78, 5) is 12.0. The van der Waals surface area contributed by atoms with Gasteiger partial charge in [0.15, 0.2) is 0 Å². The number of carbonyl (C=O) groups is 1. The highest BCUT2D eigenvalue weighted by Crippen LogP contribution is 2.41. The van der Waals surface area contributed by atoms with E-state index in [2.05, 4.69) is 0 Å². The number of aliphatic hydroxyl groups is 1. The molecule has 1 heterocycles. The van der Waals surface area contributed by atoms with Gasteiger partial charge in [0.1, 0.15) is 11.9 Å². The highest BCUT2D eigenvalue weighted by Gasteiger charge is 2.41. The van der Waals surface area contributed by atoms with Crippen LogP contribution in [0.2, 0.25) is 0 Å². The number of ether oxygens (including phenoxy) is 2. The molecule has 0 saturated carbocycles. The molecule has 2 aliphatic rings. The Hall–Kier alpha value is -2.07. The summed E-state index contributed by atoms with van der Waals surface area (Å²) in [6.07, 6.45) is 4.26. The second kappa shape index (κ2) is 5.74. The van der Waals surface area contributed by atoms with Crippen LogP contribution in [0, 0.1) is 5.92 Å². The van der Waals surface area contributed by atoms with Gasteiger partial charge in [-0.25, -0.2) is 4.79 Å². The summed E-state index contributed by atoms with van der Waals surface area (Å²) < 4.78 is 10.7. The van der Waals surface area contributed by atoms with Crippen LogP contribution in [0.25, 0.3) is 0 Å². The lowest BCUT2D eigenvalue weighted by Gasteiger charge is -2.14. The smallest absolute Gasteiger partial charge is 0.337 e. The Morgan fingerprint density at radius 2 is 2.19 bits per heavy atom. The van der Waals surface area contributed by atoms with Crippen LogP contribution in [0.1, 0.15) is 24.5 Å². The fraction of sp³-hybridized carbons (Fsp3) is 0.353. The summed E-state index contributed by atoms with van der Waals surface area (Å²) in [5.74, 6) is 0.217. The summed E-state index contributed by atoms with van der Waals surface area (Å²) in [6.45, 7) is 0. The number of benzene rings is 1. The lowest BCUT2D eigenvalue weighted by molar-refractivity contribution is -0.136. The predicted molar refractivity (Wildman–Crippen MR) is 77.2 cm³/mol. The van der Waals surface area contributed by atoms with Crippen LogP contribution in [0.15, 0.2) is 53.8 Å². The molecule has 21 heavy (non-hydrogen) atoms. The molecule has 4 nitrogen and oxygen atoms in total. The fourth-order valence-corrected chi connectivity index (χ4v) is 2.97. The van der Waals surface area contributed by atoms with Gasteiger partial charge in [0.25, 0.3) is 0 Å². The zero-order chi connectivity index (χ0) is 14.8. The van der Waals surface area contributed by atoms with E-state index in [1.165, 1.54) is 7.11 Å². The van der Waals surface area contributed by atoms with E-state index in [1.807, 2.05) is 42.5 Å². The number of methoxy groups -OCH3 is 1. The van der Waals surface area contributed by atoms with Crippen molar-refractivity contribution in [1.29, 1.82) is 0 Å². The van der Waals surface area contributed by atoms with Crippen LogP contribution < -0.4 is 0 Å². The predicted octanol–water partition coefficient (Wildman–Crippen LogP) is 2.51. The third-order valence-corrected chi connectivity index (χ3v) is 4.03. The molecule has 0 bridgehead atoms. The average Bonchev–Trinajstić information content (AvgIpc) is 3.07. The van der Waals surface area contributed by atoms with Crippen LogP contribution in [-0.2, 0) is 14.3 Å². The molecule has 0 fully saturated rings. The van der Waals surface area contributed by atoms with Crippen LogP contribution in [-0.4, -0.2) is 24.3 Å². The van der Waals surface area contributed by atoms with E-state index in [4.69, 9.17) is 9.47 Å². The number of allylic oxidation sites excluding steroid dienone is 1. The van der Waals surface area contributed by atoms with E-state index in [-0.39, 0.29) is 24.4 Å². The first kappa shape index (κ1) is 13.9. The average molecular weight is 286 g/mol. The minimum Gasteiger partial charge on any atom is -0.489 e. The highest BCUT2D eigenvalue weighted by atomic mass is 16.5. The Bertz CT molecular complexity index is 588. The van der Waals surface area contributed by atoms with Crippen molar-refractivity contribution in [2.24, 2.45) is 5.92 Å². The van der Waals surface area contributed by atoms with Crippen LogP contribution in [0.3, 0.4) is 0 Å². The monoisotopic (exact) mass is 286 g/mol. The number of rotatable bonds is 4. The zero-order valence-electron chi connectivity index (χ0n) is 11.9. The second-order valence-corrected chi connectivity index (χ2v) is 5.31. The Morgan fingerprint density at radius 1 is 1.43 bits per heavy atom. The molecule has 0 saturated heterocycles. The van der Waals surface area contributed by atoms with E-state index in [0.29, 0.717) is 11.3 Å². The highest BCUT2D eigenvalue weighted by molar-refractivity contribution is 5.90. The van der Waals surface area contributed by atoms with Crippen molar-refractivity contribution in [1.82, 2.24) is 0 Å². The van der Waals surface area contributed by atoms with Gasteiger partial charge in [0.05, 0.1) is 18.8 Å². The molecule has 1 aromatic rings. The molecule has 4 heteroatoms. The van der Waals surface area contributed by atoms with Crippen molar-refractivity contribution in [3.05, 3.63) is 59.4 Å². The summed E-state index contributed by atoms with van der Waals surface area (Å²) in [5.41, 5.74) is 1.38. The fourth-order valence-electron chi connectivity index (χ4n) is 2.97. The van der Waals surface area contributed by atoms with Crippen molar-refractivity contribution in [3.63, 3.8) is 0 Å². The summed E-state index contributed by atoms with van der Waals surface area (Å²) in [6, 6.07) is 9.37. The molecule has 0 amide bonds. The number of hydrogen-bond acceptors (Lipinski definition) is 4. The molecule has 3 unspecified atom stereocenters. The number of fused-ring (bicyclic) bond motifs is 1. The van der Waals surface area contributed by atoms with E-state index in [0.717, 1.165) is 12.0 Å². The normalized spacial score (nSPS) is 24.7. The standard InChI is InChI=1S/C17H18O4/c1-20-17(19)16-12-8-5-9-14(12)21-15(16)10-13(18)11-6-3-2-4-7-11/h2-7,9,12-14,18H,8,10H2,1H3. The second-order valence-electron chi connectivity index (χ2n) is 5.31. The first-order chi connectivity index (χ1) is 10.2. The first-order valence-electron chi connectivity index (χ1n) is 7.08. The van der Waals surface area contributed by atoms with Gasteiger partial charge in [0, 0.05) is 12.3 Å². The van der Waals surface area contributed by atoms with Gasteiger partial charge in [-0.3, -0.25) is 0 Å². The minimum atomic E-state index is -0.691. The SMILES string of the molecule is COC(=O)C1=C(CC(O)c2ccccc2)OC2C=CCC12. The maximum Gasteiger partial charge on any atom is 0.337 e. The summed E-state index contributed by atoms with van der Waals surface area (Å²) in [5, 5.41) is 10.3. The van der Waals surface area contributed by atoms with E-state index < -0.39 is 6.10 Å². The van der Waals surface area contributed by atoms with Crippen LogP contribution >= 0.6 is 0 Å². The van der Waals surface area contributed by atoms with Crippen LogP contribution in [0.4, 0.5) is 0 Å². The van der Waals surface area contributed by atoms with Gasteiger partial charge in [-0.05, 0) is 18.1 Å². The number of esters is 1. The van der Waals surface area contributed by atoms with E-state index in [1.54, 1.807) is 0 Å². The molecule has 0 radical (unpaired) electrons. The lowest BCUT2D eigenvalue weighted by Crippen LogP contribution is -2.16. The number of carbonyl (C=O) groups excluding carboxylic acids is 1. The molecule has 3 atom stereocenters.